The lowest BCUT2D eigenvalue weighted by Crippen LogP contribution is -1.87. The molecule has 0 amide bonds. The van der Waals surface area contributed by atoms with Gasteiger partial charge in [0.15, 0.2) is 0 Å². The van der Waals surface area contributed by atoms with Crippen molar-refractivity contribution in [1.82, 2.24) is 4.98 Å². The summed E-state index contributed by atoms with van der Waals surface area (Å²) in [6.45, 7) is 0. The Balaban J connectivity index is 1.95. The van der Waals surface area contributed by atoms with Gasteiger partial charge in [0.05, 0.1) is 15.6 Å². The van der Waals surface area contributed by atoms with Crippen molar-refractivity contribution in [3.8, 4) is 21.8 Å². The molecule has 1 heterocycles. The highest BCUT2D eigenvalue weighted by Crippen LogP contribution is 2.33. The van der Waals surface area contributed by atoms with Crippen LogP contribution in [0.4, 0.5) is 5.69 Å². The van der Waals surface area contributed by atoms with Crippen molar-refractivity contribution < 1.29 is 4.92 Å². The Bertz CT molecular complexity index is 799. The van der Waals surface area contributed by atoms with Crippen molar-refractivity contribution in [3.05, 3.63) is 69.0 Å². The summed E-state index contributed by atoms with van der Waals surface area (Å²) in [6.07, 6.45) is 0. The predicted octanol–water partition coefficient (Wildman–Crippen LogP) is 5.04. The molecule has 104 valence electrons. The Morgan fingerprint density at radius 3 is 2.48 bits per heavy atom. The fraction of sp³-hybridized carbons (Fsp3) is 0. The summed E-state index contributed by atoms with van der Waals surface area (Å²) in [5, 5.41) is 14.1. The first-order valence-corrected chi connectivity index (χ1v) is 7.36. The summed E-state index contributed by atoms with van der Waals surface area (Å²) in [5.74, 6) is 0. The third-order valence-corrected chi connectivity index (χ3v) is 4.19. The van der Waals surface area contributed by atoms with Crippen molar-refractivity contribution in [2.24, 2.45) is 0 Å². The highest BCUT2D eigenvalue weighted by atomic mass is 35.5. The molecule has 3 aromatic rings. The fourth-order valence-electron chi connectivity index (χ4n) is 1.92. The number of aromatic nitrogens is 1. The smallest absolute Gasteiger partial charge is 0.258 e. The molecule has 0 unspecified atom stereocenters. The van der Waals surface area contributed by atoms with E-state index in [0.717, 1.165) is 21.8 Å². The zero-order chi connectivity index (χ0) is 14.8. The summed E-state index contributed by atoms with van der Waals surface area (Å²) in [4.78, 5) is 14.8. The molecule has 21 heavy (non-hydrogen) atoms. The molecule has 0 aliphatic heterocycles. The van der Waals surface area contributed by atoms with Crippen LogP contribution in [0.1, 0.15) is 0 Å². The molecule has 0 aliphatic carbocycles. The molecule has 4 nitrogen and oxygen atoms in total. The molecule has 0 saturated carbocycles. The minimum absolute atomic E-state index is 0.0697. The Hall–Kier alpha value is -2.24. The number of hydrogen-bond acceptors (Lipinski definition) is 4. The summed E-state index contributed by atoms with van der Waals surface area (Å²) in [7, 11) is 0. The molecule has 0 fully saturated rings. The first kappa shape index (κ1) is 13.7. The maximum atomic E-state index is 10.7. The maximum Gasteiger partial charge on any atom is 0.269 e. The van der Waals surface area contributed by atoms with Gasteiger partial charge in [0.25, 0.3) is 5.69 Å². The zero-order valence-corrected chi connectivity index (χ0v) is 12.3. The third kappa shape index (κ3) is 2.79. The monoisotopic (exact) mass is 316 g/mol. The van der Waals surface area contributed by atoms with E-state index < -0.39 is 4.92 Å². The molecule has 0 bridgehead atoms. The van der Waals surface area contributed by atoms with Crippen LogP contribution in [0, 0.1) is 10.1 Å². The molecule has 2 aromatic carbocycles. The van der Waals surface area contributed by atoms with Gasteiger partial charge in [-0.1, -0.05) is 29.8 Å². The molecule has 0 radical (unpaired) electrons. The highest BCUT2D eigenvalue weighted by Gasteiger charge is 2.10. The molecule has 3 rings (SSSR count). The number of rotatable bonds is 3. The van der Waals surface area contributed by atoms with Gasteiger partial charge in [0.1, 0.15) is 5.01 Å². The normalized spacial score (nSPS) is 10.5. The number of benzene rings is 2. The number of thiazole rings is 1. The minimum atomic E-state index is -0.417. The first-order chi connectivity index (χ1) is 10.1. The van der Waals surface area contributed by atoms with Crippen LogP contribution in [0.5, 0.6) is 0 Å². The Morgan fingerprint density at radius 2 is 1.81 bits per heavy atom. The lowest BCUT2D eigenvalue weighted by molar-refractivity contribution is -0.384. The molecule has 0 saturated heterocycles. The van der Waals surface area contributed by atoms with E-state index in [1.807, 2.05) is 29.6 Å². The van der Waals surface area contributed by atoms with Crippen LogP contribution in [0.25, 0.3) is 21.8 Å². The van der Waals surface area contributed by atoms with E-state index in [2.05, 4.69) is 4.98 Å². The minimum Gasteiger partial charge on any atom is -0.258 e. The van der Waals surface area contributed by atoms with Gasteiger partial charge in [-0.3, -0.25) is 10.1 Å². The van der Waals surface area contributed by atoms with Crippen LogP contribution in [0.15, 0.2) is 53.9 Å². The SMILES string of the molecule is O=[N+]([O-])c1ccc(-c2csc(-c3ccccc3Cl)n2)cc1. The largest absolute Gasteiger partial charge is 0.269 e. The molecule has 0 aliphatic rings. The third-order valence-electron chi connectivity index (χ3n) is 2.98. The van der Waals surface area contributed by atoms with E-state index in [1.54, 1.807) is 12.1 Å². The highest BCUT2D eigenvalue weighted by molar-refractivity contribution is 7.13. The fourth-order valence-corrected chi connectivity index (χ4v) is 3.07. The lowest BCUT2D eigenvalue weighted by Gasteiger charge is -1.99. The van der Waals surface area contributed by atoms with Crippen molar-refractivity contribution in [2.75, 3.05) is 0 Å². The summed E-state index contributed by atoms with van der Waals surface area (Å²) < 4.78 is 0. The number of hydrogen-bond donors (Lipinski definition) is 0. The van der Waals surface area contributed by atoms with Gasteiger partial charge in [-0.25, -0.2) is 4.98 Å². The second-order valence-corrected chi connectivity index (χ2v) is 5.59. The van der Waals surface area contributed by atoms with E-state index in [1.165, 1.54) is 23.5 Å². The molecule has 0 spiro atoms. The number of nitro groups is 1. The molecular weight excluding hydrogens is 308 g/mol. The average molecular weight is 317 g/mol. The van der Waals surface area contributed by atoms with Crippen LogP contribution in [-0.2, 0) is 0 Å². The molecule has 0 N–H and O–H groups in total. The van der Waals surface area contributed by atoms with E-state index in [9.17, 15) is 10.1 Å². The van der Waals surface area contributed by atoms with Crippen LogP contribution >= 0.6 is 22.9 Å². The predicted molar refractivity (Wildman–Crippen MR) is 84.7 cm³/mol. The van der Waals surface area contributed by atoms with E-state index in [-0.39, 0.29) is 5.69 Å². The second-order valence-electron chi connectivity index (χ2n) is 4.32. The van der Waals surface area contributed by atoms with Gasteiger partial charge in [-0.05, 0) is 18.2 Å². The Morgan fingerprint density at radius 1 is 1.10 bits per heavy atom. The molecular formula is C15H9ClN2O2S. The van der Waals surface area contributed by atoms with Crippen LogP contribution in [0.3, 0.4) is 0 Å². The van der Waals surface area contributed by atoms with Gasteiger partial charge < -0.3 is 0 Å². The Labute approximate surface area is 129 Å². The molecule has 1 aromatic heterocycles. The zero-order valence-electron chi connectivity index (χ0n) is 10.7. The van der Waals surface area contributed by atoms with Crippen LogP contribution in [0.2, 0.25) is 5.02 Å². The number of non-ortho nitro benzene ring substituents is 1. The van der Waals surface area contributed by atoms with Gasteiger partial charge >= 0.3 is 0 Å². The van der Waals surface area contributed by atoms with Crippen LogP contribution in [-0.4, -0.2) is 9.91 Å². The summed E-state index contributed by atoms with van der Waals surface area (Å²) in [6, 6.07) is 13.9. The van der Waals surface area contributed by atoms with E-state index in [4.69, 9.17) is 11.6 Å². The standard InChI is InChI=1S/C15H9ClN2O2S/c16-13-4-2-1-3-12(13)15-17-14(9-21-15)10-5-7-11(8-6-10)18(19)20/h1-9H. The van der Waals surface area contributed by atoms with Gasteiger partial charge in [0.2, 0.25) is 0 Å². The number of nitro benzene ring substituents is 1. The van der Waals surface area contributed by atoms with Crippen molar-refractivity contribution in [3.63, 3.8) is 0 Å². The summed E-state index contributed by atoms with van der Waals surface area (Å²) >= 11 is 7.65. The number of nitrogens with zero attached hydrogens (tertiary/aromatic N) is 2. The Kier molecular flexibility index (Phi) is 3.68. The van der Waals surface area contributed by atoms with Gasteiger partial charge in [-0.15, -0.1) is 11.3 Å². The average Bonchev–Trinajstić information content (AvgIpc) is 2.97. The van der Waals surface area contributed by atoms with E-state index >= 15 is 0 Å². The quantitative estimate of drug-likeness (QED) is 0.502. The topological polar surface area (TPSA) is 56.0 Å². The molecule has 0 atom stereocenters. The van der Waals surface area contributed by atoms with Gasteiger partial charge in [0, 0.05) is 28.6 Å². The molecule has 6 heteroatoms. The summed E-state index contributed by atoms with van der Waals surface area (Å²) in [5.41, 5.74) is 2.58. The second kappa shape index (κ2) is 5.63. The van der Waals surface area contributed by atoms with Crippen LogP contribution < -0.4 is 0 Å². The lowest BCUT2D eigenvalue weighted by atomic mass is 10.1. The van der Waals surface area contributed by atoms with Gasteiger partial charge in [-0.2, -0.15) is 0 Å². The van der Waals surface area contributed by atoms with E-state index in [0.29, 0.717) is 5.02 Å². The van der Waals surface area contributed by atoms with Crippen molar-refractivity contribution in [1.29, 1.82) is 0 Å². The first-order valence-electron chi connectivity index (χ1n) is 6.10. The number of halogens is 1. The van der Waals surface area contributed by atoms with Crippen molar-refractivity contribution in [2.45, 2.75) is 0 Å². The maximum absolute atomic E-state index is 10.7. The van der Waals surface area contributed by atoms with Crippen molar-refractivity contribution >= 4 is 28.6 Å².